The third-order valence-electron chi connectivity index (χ3n) is 22.5. The first kappa shape index (κ1) is 77.3. The van der Waals surface area contributed by atoms with E-state index in [1.807, 2.05) is 127 Å². The average molecular weight is 1770 g/mol. The average Bonchev–Trinajstić information content (AvgIpc) is 1.53. The number of carbonyl (C=O) groups excluding carboxylic acids is 1. The smallest absolute Gasteiger partial charge is 1.00 e. The van der Waals surface area contributed by atoms with Crippen molar-refractivity contribution in [3.05, 3.63) is 393 Å². The van der Waals surface area contributed by atoms with Gasteiger partial charge in [-0.25, -0.2) is 34.3 Å². The molecule has 0 saturated heterocycles. The van der Waals surface area contributed by atoms with Crippen LogP contribution in [0.4, 0.5) is 4.39 Å². The second-order valence-corrected chi connectivity index (χ2v) is 29.1. The van der Waals surface area contributed by atoms with Gasteiger partial charge in [0.2, 0.25) is 0 Å². The summed E-state index contributed by atoms with van der Waals surface area (Å²) in [4.78, 5) is 40.8. The van der Waals surface area contributed by atoms with Gasteiger partial charge in [-0.3, -0.25) is 4.79 Å². The minimum absolute atomic E-state index is 0. The number of hydrogen-bond acceptors (Lipinski definition) is 9. The molecule has 7 heterocycles. The van der Waals surface area contributed by atoms with Gasteiger partial charge in [0, 0.05) is 76.6 Å². The SMILES string of the molecule is Fc1ccc(-c2ccccc2)cc1-c1nc(-c2ccccc2)nc(-c2ccccc2)n1.O=CO[O-].[Cs+].[Cs+].[H-].c1cc2c3c(c1)-c1cccc4c5ccccc5n(c14)-c1cccc(c1-3)C2.c1ccc(-c2ccc(-n3c4cccc5c6cccc7c8ccccc8n(c8cccc3c8c54)c67)c(-c3nc(-c4ccccc4)nc(-c4ccccc4)n3)c2)cc1. The van der Waals surface area contributed by atoms with Gasteiger partial charge < -0.3 is 25.1 Å². The monoisotopic (exact) mass is 1770 g/mol. The third kappa shape index (κ3) is 13.8. The van der Waals surface area contributed by atoms with E-state index in [9.17, 15) is 4.39 Å². The number of benzene rings is 16. The van der Waals surface area contributed by atoms with Gasteiger partial charge in [-0.15, -0.1) is 0 Å². The van der Waals surface area contributed by atoms with Gasteiger partial charge in [0.15, 0.2) is 34.9 Å². The summed E-state index contributed by atoms with van der Waals surface area (Å²) in [5, 5.41) is 18.6. The van der Waals surface area contributed by atoms with Crippen LogP contribution in [-0.2, 0) is 16.1 Å². The molecule has 1 aliphatic heterocycles. The molecule has 0 unspecified atom stereocenters. The molecule has 15 heteroatoms. The summed E-state index contributed by atoms with van der Waals surface area (Å²) in [6, 6.07) is 130. The first-order valence-electron chi connectivity index (χ1n) is 38.8. The maximum absolute atomic E-state index is 14.9. The van der Waals surface area contributed by atoms with Crippen LogP contribution in [0, 0.1) is 5.82 Å². The zero-order chi connectivity index (χ0) is 78.0. The van der Waals surface area contributed by atoms with Crippen molar-refractivity contribution in [2.45, 2.75) is 6.42 Å². The van der Waals surface area contributed by atoms with E-state index in [4.69, 9.17) is 25.0 Å². The van der Waals surface area contributed by atoms with Gasteiger partial charge in [0.05, 0.1) is 55.6 Å². The van der Waals surface area contributed by atoms with Gasteiger partial charge >= 0.3 is 138 Å². The number of rotatable bonds is 10. The zero-order valence-corrected chi connectivity index (χ0v) is 77.3. The van der Waals surface area contributed by atoms with Crippen molar-refractivity contribution < 1.29 is 159 Å². The van der Waals surface area contributed by atoms with Crippen LogP contribution in [0.1, 0.15) is 12.6 Å². The molecule has 1 aliphatic carbocycles. The van der Waals surface area contributed by atoms with Gasteiger partial charge in [-0.1, -0.05) is 315 Å². The second kappa shape index (κ2) is 33.3. The molecule has 119 heavy (non-hydrogen) atoms. The van der Waals surface area contributed by atoms with E-state index >= 15 is 0 Å². The maximum Gasteiger partial charge on any atom is 1.00 e. The predicted molar refractivity (Wildman–Crippen MR) is 468 cm³/mol. The molecule has 16 aromatic carbocycles. The maximum atomic E-state index is 14.9. The number of halogens is 1. The number of aromatic nitrogens is 9. The second-order valence-electron chi connectivity index (χ2n) is 29.1. The summed E-state index contributed by atoms with van der Waals surface area (Å²) >= 11 is 0. The molecule has 12 nitrogen and oxygen atoms in total. The van der Waals surface area contributed by atoms with Crippen LogP contribution in [0.5, 0.6) is 0 Å². The Kier molecular flexibility index (Phi) is 21.6. The molecule has 22 aromatic rings. The molecule has 0 spiro atoms. The Morgan fingerprint density at radius 2 is 0.672 bits per heavy atom. The van der Waals surface area contributed by atoms with Crippen LogP contribution in [-0.4, -0.2) is 49.9 Å². The van der Waals surface area contributed by atoms with E-state index in [1.165, 1.54) is 116 Å². The molecule has 554 valence electrons. The summed E-state index contributed by atoms with van der Waals surface area (Å²) < 4.78 is 22.3. The van der Waals surface area contributed by atoms with E-state index in [0.717, 1.165) is 73.2 Å². The molecule has 0 saturated carbocycles. The van der Waals surface area contributed by atoms with Gasteiger partial charge in [0.25, 0.3) is 6.47 Å². The minimum Gasteiger partial charge on any atom is -1.00 e. The number of hydrogen-bond donors (Lipinski definition) is 0. The van der Waals surface area contributed by atoms with Gasteiger partial charge in [-0.2, -0.15) is 0 Å². The van der Waals surface area contributed by atoms with Crippen LogP contribution < -0.4 is 143 Å². The Bertz CT molecular complexity index is 7510. The Balaban J connectivity index is 0.000000130. The standard InChI is InChI=1S/C51H31N5.C27H18FN3.C25H15N.CH2O3.2Cs.H/c1-4-15-32(16-5-1)35-29-30-42(40(31-35)51-53-49(33-17-6-2-7-18-33)52-50(54-51)34-19-8-3-9-20-34)55-43-26-13-22-37-39-24-12-23-38-36-21-10-11-25-41(36)56(48(38)39)45-28-14-27-44(55)47(45)46(37)43;28-24-17-16-22(19-10-4-1-5-11-19)18-23(24)27-30-25(20-12-6-2-7-13-20)29-26(31-27)21-14-8-3-9-15-21;1-2-12-21-17(8-1)19-10-5-11-20-18-9-3-6-15-14-16-7-4-13-22(24(16)23(15)18)26(21)25(19)20;2-1-4-3;;;/h1-31H;1-18H;1-13H,14H2;1,3H;;;/q;;;;2*+1;-1/p-1. The van der Waals surface area contributed by atoms with Crippen molar-refractivity contribution in [3.8, 4) is 124 Å². The fraction of sp³-hybridized carbons (Fsp3) is 0.00962. The zero-order valence-electron chi connectivity index (χ0n) is 65.7. The molecule has 0 amide bonds. The molecule has 0 atom stereocenters. The van der Waals surface area contributed by atoms with Crippen LogP contribution in [0.2, 0.25) is 0 Å². The number of nitrogens with zero attached hydrogens (tertiary/aromatic N) is 9. The van der Waals surface area contributed by atoms with Crippen LogP contribution >= 0.6 is 0 Å². The fourth-order valence-electron chi connectivity index (χ4n) is 17.5. The summed E-state index contributed by atoms with van der Waals surface area (Å²) in [6.07, 6.45) is 1.04. The molecule has 6 aromatic heterocycles. The van der Waals surface area contributed by atoms with Gasteiger partial charge in [0.1, 0.15) is 5.82 Å². The van der Waals surface area contributed by atoms with Crippen molar-refractivity contribution in [2.75, 3.05) is 0 Å². The molecule has 0 radical (unpaired) electrons. The van der Waals surface area contributed by atoms with E-state index in [1.54, 1.807) is 12.1 Å². The molecule has 0 bridgehead atoms. The topological polar surface area (TPSA) is 141 Å². The van der Waals surface area contributed by atoms with E-state index in [-0.39, 0.29) is 152 Å². The first-order valence-corrected chi connectivity index (χ1v) is 38.8. The third-order valence-corrected chi connectivity index (χ3v) is 22.5. The van der Waals surface area contributed by atoms with Gasteiger partial charge in [-0.05, 0) is 117 Å². The summed E-state index contributed by atoms with van der Waals surface area (Å²) in [5.41, 5.74) is 28.3. The molecular weight excluding hydrogens is 1710 g/mol. The first-order chi connectivity index (χ1) is 57.9. The van der Waals surface area contributed by atoms with Crippen molar-refractivity contribution >= 4 is 88.2 Å². The van der Waals surface area contributed by atoms with Crippen LogP contribution in [0.25, 0.3) is 206 Å². The van der Waals surface area contributed by atoms with Crippen LogP contribution in [0.3, 0.4) is 0 Å². The minimum atomic E-state index is -0.371. The summed E-state index contributed by atoms with van der Waals surface area (Å²) in [6.45, 7) is -0.181. The van der Waals surface area contributed by atoms with Crippen molar-refractivity contribution in [1.82, 2.24) is 43.4 Å². The van der Waals surface area contributed by atoms with Crippen molar-refractivity contribution in [3.63, 3.8) is 0 Å². The largest absolute Gasteiger partial charge is 1.00 e. The van der Waals surface area contributed by atoms with E-state index in [2.05, 4.69) is 264 Å². The predicted octanol–water partition coefficient (Wildman–Crippen LogP) is 18.4. The molecular formula is C104H66Cs2FN9O3. The summed E-state index contributed by atoms with van der Waals surface area (Å²) in [7, 11) is 0. The Morgan fingerprint density at radius 3 is 1.24 bits per heavy atom. The van der Waals surface area contributed by atoms with E-state index in [0.29, 0.717) is 40.5 Å². The fourth-order valence-corrected chi connectivity index (χ4v) is 17.5. The molecule has 2 aliphatic rings. The number of fused-ring (bicyclic) bond motifs is 10. The van der Waals surface area contributed by atoms with E-state index < -0.39 is 0 Å². The Hall–Kier alpha value is -11.6. The molecule has 24 rings (SSSR count). The van der Waals surface area contributed by atoms with Crippen molar-refractivity contribution in [1.29, 1.82) is 0 Å². The normalized spacial score (nSPS) is 11.5. The van der Waals surface area contributed by atoms with Crippen molar-refractivity contribution in [2.24, 2.45) is 0 Å². The number of carbonyl (C=O) groups is 1. The Morgan fingerprint density at radius 1 is 0.294 bits per heavy atom. The summed E-state index contributed by atoms with van der Waals surface area (Å²) in [5.74, 6) is 2.83. The van der Waals surface area contributed by atoms with Crippen LogP contribution in [0.15, 0.2) is 376 Å². The number of para-hydroxylation sites is 4. The molecule has 0 N–H and O–H groups in total. The quantitative estimate of drug-likeness (QED) is 0.0743. The molecule has 0 fully saturated rings. The Labute approximate surface area is 802 Å².